The fourth-order valence-electron chi connectivity index (χ4n) is 1.08. The highest BCUT2D eigenvalue weighted by Crippen LogP contribution is 2.13. The minimum absolute atomic E-state index is 0.245. The van der Waals surface area contributed by atoms with E-state index in [1.165, 1.54) is 6.07 Å². The molecule has 1 atom stereocenters. The molecule has 16 heavy (non-hydrogen) atoms. The van der Waals surface area contributed by atoms with Crippen LogP contribution in [0.1, 0.15) is 17.3 Å². The Labute approximate surface area is 95.5 Å². The first kappa shape index (κ1) is 12.5. The molecular weight excluding hydrogens is 206 g/mol. The number of rotatable bonds is 5. The molecule has 0 heterocycles. The Morgan fingerprint density at radius 1 is 1.50 bits per heavy atom. The second kappa shape index (κ2) is 5.51. The van der Waals surface area contributed by atoms with Crippen molar-refractivity contribution < 1.29 is 14.6 Å². The summed E-state index contributed by atoms with van der Waals surface area (Å²) in [5.74, 6) is -0.347. The van der Waals surface area contributed by atoms with Crippen LogP contribution in [0.5, 0.6) is 5.75 Å². The van der Waals surface area contributed by atoms with Gasteiger partial charge >= 0.3 is 5.97 Å². The van der Waals surface area contributed by atoms with Gasteiger partial charge in [-0.25, -0.2) is 4.79 Å². The molecule has 0 spiro atoms. The summed E-state index contributed by atoms with van der Waals surface area (Å²) < 4.78 is 5.51. The van der Waals surface area contributed by atoms with Gasteiger partial charge in [-0.3, -0.25) is 0 Å². The summed E-state index contributed by atoms with van der Waals surface area (Å²) in [6.07, 6.45) is 0. The second-order valence-electron chi connectivity index (χ2n) is 3.96. The summed E-state index contributed by atoms with van der Waals surface area (Å²) in [6.45, 7) is 2.58. The molecule has 1 N–H and O–H groups in total. The van der Waals surface area contributed by atoms with Crippen molar-refractivity contribution in [2.75, 3.05) is 20.7 Å². The highest BCUT2D eigenvalue weighted by Gasteiger charge is 2.07. The number of carboxylic acids is 1. The number of hydrogen-bond donors (Lipinski definition) is 1. The molecule has 0 saturated heterocycles. The summed E-state index contributed by atoms with van der Waals surface area (Å²) in [6, 6.07) is 6.80. The van der Waals surface area contributed by atoms with Gasteiger partial charge in [0.05, 0.1) is 5.56 Å². The number of benzene rings is 1. The number of nitrogens with zero attached hydrogens (tertiary/aromatic N) is 1. The largest absolute Gasteiger partial charge is 0.492 e. The molecule has 1 aromatic rings. The lowest BCUT2D eigenvalue weighted by atomic mass is 10.2. The Hall–Kier alpha value is -1.55. The van der Waals surface area contributed by atoms with Crippen molar-refractivity contribution in [3.63, 3.8) is 0 Å². The van der Waals surface area contributed by atoms with Crippen molar-refractivity contribution in [2.24, 2.45) is 0 Å². The van der Waals surface area contributed by atoms with Crippen LogP contribution in [0.4, 0.5) is 0 Å². The summed E-state index contributed by atoms with van der Waals surface area (Å²) in [5.41, 5.74) is 0.245. The Morgan fingerprint density at radius 3 is 2.75 bits per heavy atom. The zero-order valence-electron chi connectivity index (χ0n) is 9.80. The first-order chi connectivity index (χ1) is 7.50. The van der Waals surface area contributed by atoms with Gasteiger partial charge in [0, 0.05) is 6.04 Å². The van der Waals surface area contributed by atoms with E-state index in [4.69, 9.17) is 9.84 Å². The van der Waals surface area contributed by atoms with Crippen molar-refractivity contribution in [1.82, 2.24) is 4.90 Å². The minimum Gasteiger partial charge on any atom is -0.492 e. The van der Waals surface area contributed by atoms with E-state index >= 15 is 0 Å². The van der Waals surface area contributed by atoms with Gasteiger partial charge in [-0.2, -0.15) is 0 Å². The predicted octanol–water partition coefficient (Wildman–Crippen LogP) is 1.71. The number of carbonyl (C=O) groups is 1. The topological polar surface area (TPSA) is 49.8 Å². The molecular formula is C12H17NO3. The molecule has 0 aliphatic carbocycles. The minimum atomic E-state index is -0.939. The van der Waals surface area contributed by atoms with E-state index in [0.717, 1.165) is 0 Å². The van der Waals surface area contributed by atoms with E-state index < -0.39 is 5.97 Å². The van der Waals surface area contributed by atoms with E-state index in [9.17, 15) is 4.79 Å². The molecule has 1 aromatic carbocycles. The van der Waals surface area contributed by atoms with Crippen LogP contribution in [0.2, 0.25) is 0 Å². The molecule has 4 nitrogen and oxygen atoms in total. The van der Waals surface area contributed by atoms with Crippen LogP contribution in [0.3, 0.4) is 0 Å². The molecule has 4 heteroatoms. The third-order valence-corrected chi connectivity index (χ3v) is 2.45. The molecule has 0 aromatic heterocycles. The molecule has 0 bridgehead atoms. The lowest BCUT2D eigenvalue weighted by molar-refractivity contribution is 0.0696. The summed E-state index contributed by atoms with van der Waals surface area (Å²) in [5, 5.41) is 8.81. The lowest BCUT2D eigenvalue weighted by Crippen LogP contribution is -2.30. The van der Waals surface area contributed by atoms with Crippen LogP contribution in [0.25, 0.3) is 0 Å². The van der Waals surface area contributed by atoms with E-state index in [1.807, 2.05) is 25.9 Å². The smallest absolute Gasteiger partial charge is 0.335 e. The Bertz CT molecular complexity index is 363. The fourth-order valence-corrected chi connectivity index (χ4v) is 1.08. The molecule has 0 amide bonds. The normalized spacial score (nSPS) is 12.5. The van der Waals surface area contributed by atoms with E-state index in [-0.39, 0.29) is 11.6 Å². The Morgan fingerprint density at radius 2 is 2.19 bits per heavy atom. The molecule has 0 aliphatic rings. The van der Waals surface area contributed by atoms with Gasteiger partial charge in [-0.1, -0.05) is 6.07 Å². The Balaban J connectivity index is 2.61. The van der Waals surface area contributed by atoms with Crippen LogP contribution in [-0.4, -0.2) is 42.7 Å². The second-order valence-corrected chi connectivity index (χ2v) is 3.96. The number of likely N-dealkylation sites (N-methyl/N-ethyl adjacent to an activating group) is 1. The average Bonchev–Trinajstić information content (AvgIpc) is 2.26. The lowest BCUT2D eigenvalue weighted by Gasteiger charge is -2.19. The van der Waals surface area contributed by atoms with Crippen LogP contribution in [0, 0.1) is 0 Å². The standard InChI is InChI=1S/C12H17NO3/c1-9(13(2)3)8-16-11-6-4-5-10(7-11)12(14)15/h4-7,9H,8H2,1-3H3,(H,14,15). The molecule has 0 aliphatic heterocycles. The van der Waals surface area contributed by atoms with Crippen molar-refractivity contribution >= 4 is 5.97 Å². The highest BCUT2D eigenvalue weighted by molar-refractivity contribution is 5.87. The molecule has 0 radical (unpaired) electrons. The zero-order valence-corrected chi connectivity index (χ0v) is 9.80. The van der Waals surface area contributed by atoms with Crippen molar-refractivity contribution in [2.45, 2.75) is 13.0 Å². The fraction of sp³-hybridized carbons (Fsp3) is 0.417. The van der Waals surface area contributed by atoms with E-state index in [2.05, 4.69) is 0 Å². The van der Waals surface area contributed by atoms with E-state index in [0.29, 0.717) is 12.4 Å². The van der Waals surface area contributed by atoms with Crippen molar-refractivity contribution in [3.05, 3.63) is 29.8 Å². The van der Waals surface area contributed by atoms with Crippen molar-refractivity contribution in [1.29, 1.82) is 0 Å². The maximum absolute atomic E-state index is 10.7. The molecule has 1 unspecified atom stereocenters. The monoisotopic (exact) mass is 223 g/mol. The third-order valence-electron chi connectivity index (χ3n) is 2.45. The van der Waals surface area contributed by atoms with Crippen LogP contribution >= 0.6 is 0 Å². The SMILES string of the molecule is CC(COc1cccc(C(=O)O)c1)N(C)C. The molecule has 88 valence electrons. The van der Waals surface area contributed by atoms with Gasteiger partial charge in [0.1, 0.15) is 12.4 Å². The Kier molecular flexibility index (Phi) is 4.31. The van der Waals surface area contributed by atoms with Gasteiger partial charge in [0.15, 0.2) is 0 Å². The quantitative estimate of drug-likeness (QED) is 0.825. The first-order valence-electron chi connectivity index (χ1n) is 5.13. The number of ether oxygens (including phenoxy) is 1. The van der Waals surface area contributed by atoms with Crippen LogP contribution < -0.4 is 4.74 Å². The summed E-state index contributed by atoms with van der Waals surface area (Å²) in [4.78, 5) is 12.8. The maximum atomic E-state index is 10.7. The highest BCUT2D eigenvalue weighted by atomic mass is 16.5. The number of carboxylic acid groups (broad SMARTS) is 1. The van der Waals surface area contributed by atoms with Crippen LogP contribution in [-0.2, 0) is 0 Å². The molecule has 0 fully saturated rings. The first-order valence-corrected chi connectivity index (χ1v) is 5.13. The van der Waals surface area contributed by atoms with E-state index in [1.54, 1.807) is 18.2 Å². The molecule has 0 saturated carbocycles. The van der Waals surface area contributed by atoms with Gasteiger partial charge in [-0.15, -0.1) is 0 Å². The van der Waals surface area contributed by atoms with Gasteiger partial charge in [0.2, 0.25) is 0 Å². The number of hydrogen-bond acceptors (Lipinski definition) is 3. The summed E-state index contributed by atoms with van der Waals surface area (Å²) in [7, 11) is 3.95. The third kappa shape index (κ3) is 3.55. The van der Waals surface area contributed by atoms with Gasteiger partial charge in [-0.05, 0) is 39.2 Å². The summed E-state index contributed by atoms with van der Waals surface area (Å²) >= 11 is 0. The van der Waals surface area contributed by atoms with Gasteiger partial charge < -0.3 is 14.7 Å². The van der Waals surface area contributed by atoms with Gasteiger partial charge in [0.25, 0.3) is 0 Å². The average molecular weight is 223 g/mol. The zero-order chi connectivity index (χ0) is 12.1. The number of aromatic carboxylic acids is 1. The maximum Gasteiger partial charge on any atom is 0.335 e. The molecule has 1 rings (SSSR count). The predicted molar refractivity (Wildman–Crippen MR) is 62.0 cm³/mol. The van der Waals surface area contributed by atoms with Crippen molar-refractivity contribution in [3.8, 4) is 5.75 Å². The van der Waals surface area contributed by atoms with Crippen LogP contribution in [0.15, 0.2) is 24.3 Å².